The Morgan fingerprint density at radius 2 is 2.53 bits per heavy atom. The third-order valence-corrected chi connectivity index (χ3v) is 3.25. The Kier molecular flexibility index (Phi) is 2.61. The summed E-state index contributed by atoms with van der Waals surface area (Å²) in [5.41, 5.74) is 0.747. The van der Waals surface area contributed by atoms with E-state index in [1.54, 1.807) is 0 Å². The van der Waals surface area contributed by atoms with Crippen molar-refractivity contribution in [1.82, 2.24) is 0 Å². The molecular weight excluding hydrogens is 194 g/mol. The molecule has 0 N–H and O–H groups in total. The molecule has 2 rings (SSSR count). The summed E-state index contributed by atoms with van der Waals surface area (Å²) in [5, 5.41) is 0. The molecule has 2 bridgehead atoms. The third-order valence-electron chi connectivity index (χ3n) is 3.25. The zero-order valence-electron chi connectivity index (χ0n) is 8.94. The molecule has 1 saturated heterocycles. The van der Waals surface area contributed by atoms with Gasteiger partial charge in [-0.1, -0.05) is 6.08 Å². The fourth-order valence-corrected chi connectivity index (χ4v) is 2.60. The monoisotopic (exact) mass is 210 g/mol. The van der Waals surface area contributed by atoms with Crippen LogP contribution in [0.1, 0.15) is 13.3 Å². The first-order valence-electron chi connectivity index (χ1n) is 5.39. The molecule has 0 aromatic carbocycles. The van der Waals surface area contributed by atoms with Gasteiger partial charge in [-0.25, -0.2) is 4.48 Å². The van der Waals surface area contributed by atoms with E-state index in [1.165, 1.54) is 0 Å². The maximum absolute atomic E-state index is 11.8. The molecule has 2 aliphatic heterocycles. The van der Waals surface area contributed by atoms with Gasteiger partial charge in [-0.3, -0.25) is 4.79 Å². The van der Waals surface area contributed by atoms with Crippen LogP contribution in [0.4, 0.5) is 4.79 Å². The van der Waals surface area contributed by atoms with E-state index in [0.717, 1.165) is 31.4 Å². The highest BCUT2D eigenvalue weighted by molar-refractivity contribution is 5.75. The highest BCUT2D eigenvalue weighted by atomic mass is 16.6. The molecule has 82 valence electrons. The number of hydrogen-bond acceptors (Lipinski definition) is 3. The Morgan fingerprint density at radius 3 is 3.20 bits per heavy atom. The van der Waals surface area contributed by atoms with Crippen molar-refractivity contribution in [2.45, 2.75) is 13.3 Å². The van der Waals surface area contributed by atoms with Gasteiger partial charge in [0.1, 0.15) is 6.54 Å². The standard InChI is InChI=1S/C11H16NO3/c1-2-15-11(14)12-4-3-9(6-12)5-10(7-12)8-13/h5,8-9H,2-4,6-7H2,1H3/q+1. The number of ether oxygens (including phenoxy) is 1. The Balaban J connectivity index is 2.20. The second kappa shape index (κ2) is 3.77. The molecule has 0 aliphatic carbocycles. The van der Waals surface area contributed by atoms with Crippen molar-refractivity contribution in [3.63, 3.8) is 0 Å². The summed E-state index contributed by atoms with van der Waals surface area (Å²) in [6.45, 7) is 4.33. The minimum Gasteiger partial charge on any atom is -0.420 e. The predicted molar refractivity (Wildman–Crippen MR) is 54.1 cm³/mol. The molecule has 1 amide bonds. The number of rotatable bonds is 2. The van der Waals surface area contributed by atoms with Crippen LogP contribution in [0.15, 0.2) is 11.6 Å². The average Bonchev–Trinajstić information content (AvgIpc) is 2.56. The lowest BCUT2D eigenvalue weighted by Crippen LogP contribution is -2.53. The summed E-state index contributed by atoms with van der Waals surface area (Å²) >= 11 is 0. The number of amides is 1. The molecule has 2 unspecified atom stereocenters. The van der Waals surface area contributed by atoms with Gasteiger partial charge in [0.2, 0.25) is 0 Å². The van der Waals surface area contributed by atoms with Crippen LogP contribution in [0.2, 0.25) is 0 Å². The van der Waals surface area contributed by atoms with E-state index < -0.39 is 0 Å². The van der Waals surface area contributed by atoms with E-state index in [2.05, 4.69) is 0 Å². The number of carbonyl (C=O) groups excluding carboxylic acids is 2. The van der Waals surface area contributed by atoms with E-state index in [4.69, 9.17) is 4.74 Å². The van der Waals surface area contributed by atoms with Crippen molar-refractivity contribution >= 4 is 12.4 Å². The summed E-state index contributed by atoms with van der Waals surface area (Å²) in [6.07, 6.45) is 3.68. The normalized spacial score (nSPS) is 33.4. The second-order valence-electron chi connectivity index (χ2n) is 4.32. The van der Waals surface area contributed by atoms with Gasteiger partial charge >= 0.3 is 6.09 Å². The maximum Gasteiger partial charge on any atom is 0.516 e. The van der Waals surface area contributed by atoms with Gasteiger partial charge in [-0.2, -0.15) is 4.79 Å². The largest absolute Gasteiger partial charge is 0.516 e. The van der Waals surface area contributed by atoms with Gasteiger partial charge in [0.15, 0.2) is 6.29 Å². The van der Waals surface area contributed by atoms with Gasteiger partial charge in [-0.05, 0) is 6.92 Å². The summed E-state index contributed by atoms with van der Waals surface area (Å²) in [6, 6.07) is 0. The zero-order chi connectivity index (χ0) is 10.9. The Morgan fingerprint density at radius 1 is 1.73 bits per heavy atom. The molecular formula is C11H16NO3+. The first kappa shape index (κ1) is 10.4. The summed E-state index contributed by atoms with van der Waals surface area (Å²) in [7, 11) is 0. The molecule has 4 nitrogen and oxygen atoms in total. The molecule has 15 heavy (non-hydrogen) atoms. The molecule has 2 heterocycles. The van der Waals surface area contributed by atoms with Gasteiger partial charge in [0, 0.05) is 17.9 Å². The number of aldehydes is 1. The van der Waals surface area contributed by atoms with E-state index >= 15 is 0 Å². The van der Waals surface area contributed by atoms with Crippen LogP contribution in [-0.4, -0.2) is 43.1 Å². The van der Waals surface area contributed by atoms with Crippen LogP contribution in [0.3, 0.4) is 0 Å². The quantitative estimate of drug-likeness (QED) is 0.506. The highest BCUT2D eigenvalue weighted by Crippen LogP contribution is 2.32. The van der Waals surface area contributed by atoms with Crippen LogP contribution in [-0.2, 0) is 9.53 Å². The average molecular weight is 210 g/mol. The number of carbonyl (C=O) groups is 2. The lowest BCUT2D eigenvalue weighted by Gasteiger charge is -2.31. The van der Waals surface area contributed by atoms with Crippen LogP contribution in [0.25, 0.3) is 0 Å². The number of hydrogen-bond donors (Lipinski definition) is 0. The summed E-state index contributed by atoms with van der Waals surface area (Å²) < 4.78 is 5.41. The van der Waals surface area contributed by atoms with Gasteiger partial charge in [0.05, 0.1) is 19.7 Å². The highest BCUT2D eigenvalue weighted by Gasteiger charge is 2.48. The second-order valence-corrected chi connectivity index (χ2v) is 4.32. The third kappa shape index (κ3) is 1.69. The van der Waals surface area contributed by atoms with Crippen molar-refractivity contribution in [3.05, 3.63) is 11.6 Å². The van der Waals surface area contributed by atoms with Gasteiger partial charge in [-0.15, -0.1) is 0 Å². The fraction of sp³-hybridized carbons (Fsp3) is 0.636. The summed E-state index contributed by atoms with van der Waals surface area (Å²) in [4.78, 5) is 22.6. The molecule has 0 aromatic rings. The summed E-state index contributed by atoms with van der Waals surface area (Å²) in [5.74, 6) is 0.378. The van der Waals surface area contributed by atoms with Crippen LogP contribution in [0.5, 0.6) is 0 Å². The van der Waals surface area contributed by atoms with Gasteiger partial charge in [0.25, 0.3) is 0 Å². The number of fused-ring (bicyclic) bond motifs is 2. The van der Waals surface area contributed by atoms with E-state index in [-0.39, 0.29) is 6.09 Å². The maximum atomic E-state index is 11.8. The van der Waals surface area contributed by atoms with E-state index in [9.17, 15) is 9.59 Å². The molecule has 0 spiro atoms. The smallest absolute Gasteiger partial charge is 0.420 e. The van der Waals surface area contributed by atoms with Crippen LogP contribution >= 0.6 is 0 Å². The number of quaternary nitrogens is 1. The van der Waals surface area contributed by atoms with Gasteiger partial charge < -0.3 is 4.74 Å². The Labute approximate surface area is 89.1 Å². The molecule has 0 aromatic heterocycles. The first-order chi connectivity index (χ1) is 7.20. The lowest BCUT2D eigenvalue weighted by atomic mass is 10.0. The van der Waals surface area contributed by atoms with Crippen molar-refractivity contribution in [1.29, 1.82) is 0 Å². The van der Waals surface area contributed by atoms with E-state index in [0.29, 0.717) is 23.6 Å². The first-order valence-corrected chi connectivity index (χ1v) is 5.39. The SMILES string of the molecule is CCOC(=O)[N+]12CCC(C=C(C=O)C1)C2. The molecule has 2 aliphatic rings. The van der Waals surface area contributed by atoms with Crippen molar-refractivity contribution < 1.29 is 18.8 Å². The molecule has 2 atom stereocenters. The fourth-order valence-electron chi connectivity index (χ4n) is 2.60. The molecule has 1 fully saturated rings. The van der Waals surface area contributed by atoms with E-state index in [1.807, 2.05) is 13.0 Å². The van der Waals surface area contributed by atoms with Crippen molar-refractivity contribution in [2.24, 2.45) is 5.92 Å². The molecule has 4 heteroatoms. The van der Waals surface area contributed by atoms with Crippen molar-refractivity contribution in [3.8, 4) is 0 Å². The Hall–Kier alpha value is -1.16. The van der Waals surface area contributed by atoms with Crippen molar-refractivity contribution in [2.75, 3.05) is 26.2 Å². The van der Waals surface area contributed by atoms with Crippen LogP contribution < -0.4 is 0 Å². The Bertz CT molecular complexity index is 324. The lowest BCUT2D eigenvalue weighted by molar-refractivity contribution is -0.842. The van der Waals surface area contributed by atoms with Crippen LogP contribution in [0, 0.1) is 5.92 Å². The molecule has 0 radical (unpaired) electrons. The predicted octanol–water partition coefficient (Wildman–Crippen LogP) is 1.12. The number of nitrogens with zero attached hydrogens (tertiary/aromatic N) is 1. The molecule has 0 saturated carbocycles. The zero-order valence-corrected chi connectivity index (χ0v) is 8.94. The minimum atomic E-state index is -0.174. The minimum absolute atomic E-state index is 0.174. The topological polar surface area (TPSA) is 43.4 Å².